The molecule has 1 rings (SSSR count). The maximum absolute atomic E-state index is 9.63. The van der Waals surface area contributed by atoms with E-state index >= 15 is 0 Å². The van der Waals surface area contributed by atoms with Crippen LogP contribution >= 0.6 is 15.9 Å². The van der Waals surface area contributed by atoms with E-state index in [1.165, 1.54) is 0 Å². The molecule has 0 amide bonds. The van der Waals surface area contributed by atoms with E-state index in [9.17, 15) is 5.11 Å². The molecular weight excluding hydrogens is 282 g/mol. The van der Waals surface area contributed by atoms with Gasteiger partial charge in [0.25, 0.3) is 0 Å². The molecule has 0 saturated heterocycles. The number of halogens is 1. The molecule has 0 fully saturated rings. The van der Waals surface area contributed by atoms with Gasteiger partial charge in [0.05, 0.1) is 22.5 Å². The quantitative estimate of drug-likeness (QED) is 0.842. The van der Waals surface area contributed by atoms with Crippen LogP contribution in [0.5, 0.6) is 0 Å². The molecular formula is C12H22BrN3O. The average molecular weight is 304 g/mol. The van der Waals surface area contributed by atoms with Crippen LogP contribution in [0.15, 0.2) is 4.47 Å². The van der Waals surface area contributed by atoms with Gasteiger partial charge in [-0.1, -0.05) is 13.3 Å². The van der Waals surface area contributed by atoms with E-state index in [0.29, 0.717) is 6.54 Å². The van der Waals surface area contributed by atoms with E-state index in [4.69, 9.17) is 5.73 Å². The van der Waals surface area contributed by atoms with Crippen LogP contribution in [0.2, 0.25) is 0 Å². The van der Waals surface area contributed by atoms with E-state index < -0.39 is 0 Å². The Morgan fingerprint density at radius 3 is 2.53 bits per heavy atom. The van der Waals surface area contributed by atoms with Crippen molar-refractivity contribution in [1.29, 1.82) is 0 Å². The fraction of sp³-hybridized carbons (Fsp3) is 0.750. The Bertz CT molecular complexity index is 372. The van der Waals surface area contributed by atoms with Gasteiger partial charge >= 0.3 is 0 Å². The standard InChI is InChI=1S/C12H22BrN3O/c1-4-5-12(7-14,8-17)6-10-11(13)9(2)15-16(10)3/h17H,4-8,14H2,1-3H3. The smallest absolute Gasteiger partial charge is 0.0738 e. The van der Waals surface area contributed by atoms with Crippen molar-refractivity contribution < 1.29 is 5.11 Å². The summed E-state index contributed by atoms with van der Waals surface area (Å²) in [5, 5.41) is 14.0. The summed E-state index contributed by atoms with van der Waals surface area (Å²) in [6.07, 6.45) is 2.70. The lowest BCUT2D eigenvalue weighted by molar-refractivity contribution is 0.119. The van der Waals surface area contributed by atoms with Crippen LogP contribution in [0.1, 0.15) is 31.2 Å². The number of aliphatic hydroxyl groups is 1. The van der Waals surface area contributed by atoms with Crippen molar-refractivity contribution >= 4 is 15.9 Å². The second-order valence-corrected chi connectivity index (χ2v) is 5.55. The predicted molar refractivity (Wildman–Crippen MR) is 72.8 cm³/mol. The van der Waals surface area contributed by atoms with Gasteiger partial charge in [0, 0.05) is 19.0 Å². The lowest BCUT2D eigenvalue weighted by atomic mass is 9.80. The fourth-order valence-corrected chi connectivity index (χ4v) is 2.70. The van der Waals surface area contributed by atoms with Crippen molar-refractivity contribution in [3.8, 4) is 0 Å². The number of aryl methyl sites for hydroxylation is 2. The highest BCUT2D eigenvalue weighted by molar-refractivity contribution is 9.10. The summed E-state index contributed by atoms with van der Waals surface area (Å²) in [5.74, 6) is 0. The zero-order valence-electron chi connectivity index (χ0n) is 10.8. The van der Waals surface area contributed by atoms with Crippen molar-refractivity contribution in [2.45, 2.75) is 33.1 Å². The topological polar surface area (TPSA) is 64.1 Å². The molecule has 0 aliphatic carbocycles. The van der Waals surface area contributed by atoms with Crippen LogP contribution in [0.25, 0.3) is 0 Å². The van der Waals surface area contributed by atoms with Gasteiger partial charge in [-0.3, -0.25) is 4.68 Å². The Kier molecular flexibility index (Phi) is 5.16. The van der Waals surface area contributed by atoms with Crippen molar-refractivity contribution in [2.24, 2.45) is 18.2 Å². The van der Waals surface area contributed by atoms with Gasteiger partial charge < -0.3 is 10.8 Å². The van der Waals surface area contributed by atoms with Gasteiger partial charge in [-0.15, -0.1) is 0 Å². The van der Waals surface area contributed by atoms with Crippen LogP contribution in [-0.2, 0) is 13.5 Å². The highest BCUT2D eigenvalue weighted by atomic mass is 79.9. The zero-order valence-corrected chi connectivity index (χ0v) is 12.4. The number of nitrogens with two attached hydrogens (primary N) is 1. The third kappa shape index (κ3) is 3.09. The van der Waals surface area contributed by atoms with Crippen LogP contribution in [0.3, 0.4) is 0 Å². The van der Waals surface area contributed by atoms with Crippen molar-refractivity contribution in [3.05, 3.63) is 15.9 Å². The molecule has 1 heterocycles. The first-order valence-corrected chi connectivity index (χ1v) is 6.78. The lowest BCUT2D eigenvalue weighted by Crippen LogP contribution is -2.37. The normalized spacial score (nSPS) is 14.9. The van der Waals surface area contributed by atoms with Crippen molar-refractivity contribution in [3.63, 3.8) is 0 Å². The minimum absolute atomic E-state index is 0.119. The highest BCUT2D eigenvalue weighted by Crippen LogP contribution is 2.31. The summed E-state index contributed by atoms with van der Waals surface area (Å²) < 4.78 is 2.90. The molecule has 17 heavy (non-hydrogen) atoms. The third-order valence-corrected chi connectivity index (χ3v) is 4.38. The SMILES string of the molecule is CCCC(CN)(CO)Cc1c(Br)c(C)nn1C. The average Bonchev–Trinajstić information content (AvgIpc) is 2.55. The van der Waals surface area contributed by atoms with Crippen LogP contribution in [0.4, 0.5) is 0 Å². The molecule has 5 heteroatoms. The summed E-state index contributed by atoms with van der Waals surface area (Å²) in [5.41, 5.74) is 7.71. The Hall–Kier alpha value is -0.390. The molecule has 0 aromatic carbocycles. The highest BCUT2D eigenvalue weighted by Gasteiger charge is 2.30. The van der Waals surface area contributed by atoms with Gasteiger partial charge in [0.1, 0.15) is 0 Å². The molecule has 0 aliphatic rings. The largest absolute Gasteiger partial charge is 0.396 e. The maximum atomic E-state index is 9.63. The number of aromatic nitrogens is 2. The maximum Gasteiger partial charge on any atom is 0.0738 e. The van der Waals surface area contributed by atoms with Gasteiger partial charge in [0.2, 0.25) is 0 Å². The molecule has 0 bridgehead atoms. The number of hydrogen-bond acceptors (Lipinski definition) is 3. The molecule has 98 valence electrons. The molecule has 0 radical (unpaired) electrons. The first-order chi connectivity index (χ1) is 7.99. The first kappa shape index (κ1) is 14.7. The van der Waals surface area contributed by atoms with Gasteiger partial charge in [-0.2, -0.15) is 5.10 Å². The third-order valence-electron chi connectivity index (χ3n) is 3.35. The predicted octanol–water partition coefficient (Wildman–Crippen LogP) is 1.77. The Morgan fingerprint density at radius 1 is 1.53 bits per heavy atom. The number of aliphatic hydroxyl groups excluding tert-OH is 1. The van der Waals surface area contributed by atoms with E-state index in [1.54, 1.807) is 0 Å². The summed E-state index contributed by atoms with van der Waals surface area (Å²) >= 11 is 3.56. The lowest BCUT2D eigenvalue weighted by Gasteiger charge is -2.30. The van der Waals surface area contributed by atoms with Crippen LogP contribution < -0.4 is 5.73 Å². The van der Waals surface area contributed by atoms with E-state index in [2.05, 4.69) is 28.0 Å². The van der Waals surface area contributed by atoms with Crippen LogP contribution in [-0.4, -0.2) is 28.0 Å². The molecule has 0 spiro atoms. The van der Waals surface area contributed by atoms with Gasteiger partial charge in [-0.05, 0) is 35.7 Å². The summed E-state index contributed by atoms with van der Waals surface area (Å²) in [4.78, 5) is 0. The van der Waals surface area contributed by atoms with Gasteiger partial charge in [-0.25, -0.2) is 0 Å². The summed E-state index contributed by atoms with van der Waals surface area (Å²) in [7, 11) is 1.93. The van der Waals surface area contributed by atoms with E-state index in [-0.39, 0.29) is 12.0 Å². The molecule has 3 N–H and O–H groups in total. The Balaban J connectivity index is 3.00. The number of hydrogen-bond donors (Lipinski definition) is 2. The minimum Gasteiger partial charge on any atom is -0.396 e. The van der Waals surface area contributed by atoms with Crippen molar-refractivity contribution in [2.75, 3.05) is 13.2 Å². The van der Waals surface area contributed by atoms with E-state index in [0.717, 1.165) is 35.1 Å². The molecule has 0 saturated carbocycles. The molecule has 1 atom stereocenters. The fourth-order valence-electron chi connectivity index (χ4n) is 2.22. The monoisotopic (exact) mass is 303 g/mol. The summed E-state index contributed by atoms with van der Waals surface area (Å²) in [6.45, 7) is 4.70. The molecule has 1 unspecified atom stereocenters. The Labute approximate surface area is 111 Å². The molecule has 1 aromatic rings. The van der Waals surface area contributed by atoms with Gasteiger partial charge in [0.15, 0.2) is 0 Å². The van der Waals surface area contributed by atoms with Crippen LogP contribution in [0, 0.1) is 12.3 Å². The zero-order chi connectivity index (χ0) is 13.1. The minimum atomic E-state index is -0.225. The number of rotatable bonds is 6. The summed E-state index contributed by atoms with van der Waals surface area (Å²) in [6, 6.07) is 0. The second-order valence-electron chi connectivity index (χ2n) is 4.76. The Morgan fingerprint density at radius 2 is 2.18 bits per heavy atom. The van der Waals surface area contributed by atoms with E-state index in [1.807, 2.05) is 18.7 Å². The second kappa shape index (κ2) is 5.98. The molecule has 0 aliphatic heterocycles. The van der Waals surface area contributed by atoms with Crippen molar-refractivity contribution in [1.82, 2.24) is 9.78 Å². The first-order valence-electron chi connectivity index (χ1n) is 5.98. The molecule has 4 nitrogen and oxygen atoms in total. The molecule has 1 aromatic heterocycles. The number of nitrogens with zero attached hydrogens (tertiary/aromatic N) is 2.